The molecule has 2 fully saturated rings. The Morgan fingerprint density at radius 2 is 1.73 bits per heavy atom. The van der Waals surface area contributed by atoms with E-state index in [1.165, 1.54) is 5.56 Å². The van der Waals surface area contributed by atoms with E-state index in [-0.39, 0.29) is 11.7 Å². The number of amidine groups is 1. The van der Waals surface area contributed by atoms with Crippen LogP contribution in [0.15, 0.2) is 29.4 Å². The molecule has 3 aliphatic rings. The molecule has 0 spiro atoms. The maximum Gasteiger partial charge on any atom is 0.453 e. The van der Waals surface area contributed by atoms with Crippen LogP contribution in [0.2, 0.25) is 0 Å². The smallest absolute Gasteiger partial charge is 0.453 e. The van der Waals surface area contributed by atoms with Crippen LogP contribution in [0.5, 0.6) is 5.75 Å². The molecule has 40 heavy (non-hydrogen) atoms. The number of alkyl halides is 3. The molecule has 0 aliphatic carbocycles. The molecule has 2 saturated heterocycles. The third-order valence-corrected chi connectivity index (χ3v) is 8.10. The molecule has 3 aliphatic heterocycles. The van der Waals surface area contributed by atoms with Crippen LogP contribution in [0.3, 0.4) is 0 Å². The lowest BCUT2D eigenvalue weighted by atomic mass is 9.89. The minimum atomic E-state index is -4.58. The molecule has 2 aromatic rings. The van der Waals surface area contributed by atoms with Crippen LogP contribution in [-0.4, -0.2) is 93.7 Å². The first-order valence-corrected chi connectivity index (χ1v) is 14.4. The van der Waals surface area contributed by atoms with E-state index in [4.69, 9.17) is 4.74 Å². The Hall–Kier alpha value is -3.15. The molecule has 12 heteroatoms. The van der Waals surface area contributed by atoms with E-state index in [9.17, 15) is 18.0 Å². The van der Waals surface area contributed by atoms with Crippen LogP contribution < -0.4 is 4.74 Å². The van der Waals surface area contributed by atoms with Gasteiger partial charge in [0.1, 0.15) is 18.2 Å². The largest absolute Gasteiger partial charge is 0.492 e. The Kier molecular flexibility index (Phi) is 8.92. The summed E-state index contributed by atoms with van der Waals surface area (Å²) >= 11 is 0. The molecule has 0 radical (unpaired) electrons. The summed E-state index contributed by atoms with van der Waals surface area (Å²) in [6.07, 6.45) is 0.870. The first-order chi connectivity index (χ1) is 19.3. The number of aromatic nitrogens is 3. The Labute approximate surface area is 233 Å². The van der Waals surface area contributed by atoms with Crippen molar-refractivity contribution in [1.29, 1.82) is 0 Å². The zero-order valence-corrected chi connectivity index (χ0v) is 23.1. The summed E-state index contributed by atoms with van der Waals surface area (Å²) in [5.41, 5.74) is 1.25. The fourth-order valence-electron chi connectivity index (χ4n) is 5.67. The molecule has 4 heterocycles. The van der Waals surface area contributed by atoms with Gasteiger partial charge >= 0.3 is 6.18 Å². The number of amides is 1. The Bertz CT molecular complexity index is 1170. The summed E-state index contributed by atoms with van der Waals surface area (Å²) in [6, 6.07) is 8.27. The molecule has 1 aromatic heterocycles. The number of hydrogen-bond donors (Lipinski definition) is 0. The number of hydrogen-bond acceptors (Lipinski definition) is 7. The number of nitrogens with zero attached hydrogens (tertiary/aromatic N) is 7. The second-order valence-corrected chi connectivity index (χ2v) is 10.8. The molecule has 1 aromatic carbocycles. The molecular weight excluding hydrogens is 523 g/mol. The van der Waals surface area contributed by atoms with Crippen LogP contribution in [0, 0.1) is 0 Å². The number of ether oxygens (including phenoxy) is 1. The monoisotopic (exact) mass is 561 g/mol. The summed E-state index contributed by atoms with van der Waals surface area (Å²) in [5, 5.41) is 11.2. The number of fused-ring (bicyclic) bond motifs is 1. The van der Waals surface area contributed by atoms with Gasteiger partial charge in [-0.3, -0.25) is 9.69 Å². The van der Waals surface area contributed by atoms with Crippen molar-refractivity contribution in [2.45, 2.75) is 64.0 Å². The summed E-state index contributed by atoms with van der Waals surface area (Å²) in [6.45, 7) is 8.39. The van der Waals surface area contributed by atoms with E-state index < -0.39 is 12.0 Å². The van der Waals surface area contributed by atoms with Gasteiger partial charge in [-0.1, -0.05) is 25.5 Å². The Morgan fingerprint density at radius 1 is 1.00 bits per heavy atom. The van der Waals surface area contributed by atoms with E-state index in [1.807, 2.05) is 17.0 Å². The highest BCUT2D eigenvalue weighted by atomic mass is 19.4. The van der Waals surface area contributed by atoms with Crippen molar-refractivity contribution in [3.8, 4) is 5.75 Å². The van der Waals surface area contributed by atoms with Crippen molar-refractivity contribution in [2.75, 3.05) is 52.4 Å². The van der Waals surface area contributed by atoms with Crippen molar-refractivity contribution >= 4 is 11.7 Å². The summed E-state index contributed by atoms with van der Waals surface area (Å²) in [5.74, 6) is 1.37. The minimum Gasteiger partial charge on any atom is -0.492 e. The molecule has 0 bridgehead atoms. The number of carbonyl (C=O) groups is 1. The van der Waals surface area contributed by atoms with Gasteiger partial charge in [-0.05, 0) is 42.9 Å². The molecule has 5 rings (SSSR count). The molecule has 218 valence electrons. The zero-order chi connectivity index (χ0) is 28.1. The summed E-state index contributed by atoms with van der Waals surface area (Å²) in [7, 11) is 0. The van der Waals surface area contributed by atoms with E-state index in [1.54, 1.807) is 0 Å². The number of benzene rings is 1. The quantitative estimate of drug-likeness (QED) is 0.485. The van der Waals surface area contributed by atoms with Gasteiger partial charge in [-0.15, -0.1) is 10.2 Å². The lowest BCUT2D eigenvalue weighted by molar-refractivity contribution is -0.147. The Balaban J connectivity index is 1.05. The van der Waals surface area contributed by atoms with Crippen molar-refractivity contribution < 1.29 is 22.7 Å². The van der Waals surface area contributed by atoms with Gasteiger partial charge in [0.15, 0.2) is 5.82 Å². The third kappa shape index (κ3) is 6.76. The van der Waals surface area contributed by atoms with Gasteiger partial charge in [-0.25, -0.2) is 0 Å². The zero-order valence-electron chi connectivity index (χ0n) is 23.1. The minimum absolute atomic E-state index is 0.255. The lowest BCUT2D eigenvalue weighted by Crippen LogP contribution is -2.49. The molecule has 1 amide bonds. The number of carbonyl (C=O) groups excluding carboxylic acids is 1. The van der Waals surface area contributed by atoms with Crippen molar-refractivity contribution in [3.05, 3.63) is 41.5 Å². The number of halogens is 3. The molecule has 0 unspecified atom stereocenters. The van der Waals surface area contributed by atoms with E-state index in [0.29, 0.717) is 37.6 Å². The number of piperazine rings is 1. The fraction of sp³-hybridized carbons (Fsp3) is 0.643. The molecule has 0 saturated carbocycles. The second-order valence-electron chi connectivity index (χ2n) is 10.8. The number of piperidine rings is 1. The molecule has 0 atom stereocenters. The van der Waals surface area contributed by atoms with E-state index in [2.05, 4.69) is 44.2 Å². The molecule has 0 N–H and O–H groups in total. The first-order valence-electron chi connectivity index (χ1n) is 14.4. The van der Waals surface area contributed by atoms with Gasteiger partial charge in [0, 0.05) is 65.1 Å². The molecular formula is C28H38F3N7O2. The van der Waals surface area contributed by atoms with Gasteiger partial charge in [0.05, 0.1) is 0 Å². The maximum atomic E-state index is 13.2. The fourth-order valence-corrected chi connectivity index (χ4v) is 5.67. The number of aryl methyl sites for hydroxylation is 1. The van der Waals surface area contributed by atoms with Crippen LogP contribution >= 0.6 is 0 Å². The number of rotatable bonds is 8. The first kappa shape index (κ1) is 28.4. The predicted molar refractivity (Wildman–Crippen MR) is 144 cm³/mol. The summed E-state index contributed by atoms with van der Waals surface area (Å²) in [4.78, 5) is 18.6. The van der Waals surface area contributed by atoms with Crippen LogP contribution in [0.25, 0.3) is 0 Å². The van der Waals surface area contributed by atoms with E-state index >= 15 is 0 Å². The lowest BCUT2D eigenvalue weighted by Gasteiger charge is -2.35. The van der Waals surface area contributed by atoms with Crippen LogP contribution in [0.4, 0.5) is 13.2 Å². The highest BCUT2D eigenvalue weighted by molar-refractivity contribution is 5.83. The molecule has 9 nitrogen and oxygen atoms in total. The van der Waals surface area contributed by atoms with Crippen LogP contribution in [0.1, 0.15) is 68.6 Å². The van der Waals surface area contributed by atoms with Gasteiger partial charge in [0.2, 0.25) is 5.91 Å². The van der Waals surface area contributed by atoms with Gasteiger partial charge in [-0.2, -0.15) is 22.9 Å². The number of unbranched alkanes of at least 4 members (excludes halogenated alkanes) is 1. The van der Waals surface area contributed by atoms with Crippen LogP contribution in [-0.2, 0) is 17.4 Å². The SMILES string of the molecule is CCCCC(=O)N1CCN(CCOc2ccc(C3CCN(C4=Nn5c(nnc5C(F)(F)F)CC4)CC3)cc2)CC1. The van der Waals surface area contributed by atoms with Gasteiger partial charge in [0.25, 0.3) is 5.82 Å². The number of likely N-dealkylation sites (tertiary alicyclic amines) is 1. The second kappa shape index (κ2) is 12.6. The third-order valence-electron chi connectivity index (χ3n) is 8.10. The highest BCUT2D eigenvalue weighted by Crippen LogP contribution is 2.32. The van der Waals surface area contributed by atoms with Crippen molar-refractivity contribution in [2.24, 2.45) is 5.10 Å². The Morgan fingerprint density at radius 3 is 2.40 bits per heavy atom. The highest BCUT2D eigenvalue weighted by Gasteiger charge is 2.40. The maximum absolute atomic E-state index is 13.2. The normalized spacial score (nSPS) is 18.9. The predicted octanol–water partition coefficient (Wildman–Crippen LogP) is 4.00. The van der Waals surface area contributed by atoms with Gasteiger partial charge < -0.3 is 14.5 Å². The van der Waals surface area contributed by atoms with Crippen molar-refractivity contribution in [1.82, 2.24) is 29.6 Å². The van der Waals surface area contributed by atoms with Crippen molar-refractivity contribution in [3.63, 3.8) is 0 Å². The standard InChI is InChI=1S/C28H38F3N7O2/c1-2-3-4-26(39)37-17-15-35(16-18-37)19-20-40-23-7-5-21(6-8-23)22-11-13-36(14-12-22)25-10-9-24-32-33-27(28(29,30)31)38(24)34-25/h5-8,22H,2-4,9-20H2,1H3. The summed E-state index contributed by atoms with van der Waals surface area (Å²) < 4.78 is 46.6. The van der Waals surface area contributed by atoms with E-state index in [0.717, 1.165) is 81.9 Å². The topological polar surface area (TPSA) is 79.1 Å². The average molecular weight is 562 g/mol. The average Bonchev–Trinajstić information content (AvgIpc) is 3.41.